The SMILES string of the molecule is COC(CNC(=O)c1nc(-c2ccc(Cl)cc2)oc1C)OC. The zero-order valence-corrected chi connectivity index (χ0v) is 13.3. The fourth-order valence-corrected chi connectivity index (χ4v) is 1.97. The molecule has 0 saturated heterocycles. The molecule has 0 aliphatic carbocycles. The lowest BCUT2D eigenvalue weighted by Crippen LogP contribution is -2.34. The maximum Gasteiger partial charge on any atom is 0.273 e. The van der Waals surface area contributed by atoms with E-state index in [9.17, 15) is 4.79 Å². The van der Waals surface area contributed by atoms with Crippen molar-refractivity contribution in [2.24, 2.45) is 0 Å². The summed E-state index contributed by atoms with van der Waals surface area (Å²) < 4.78 is 15.6. The quantitative estimate of drug-likeness (QED) is 0.827. The van der Waals surface area contributed by atoms with Gasteiger partial charge in [-0.05, 0) is 31.2 Å². The van der Waals surface area contributed by atoms with Gasteiger partial charge >= 0.3 is 0 Å². The number of rotatable bonds is 6. The van der Waals surface area contributed by atoms with E-state index >= 15 is 0 Å². The van der Waals surface area contributed by atoms with Gasteiger partial charge in [-0.2, -0.15) is 0 Å². The molecule has 1 heterocycles. The highest BCUT2D eigenvalue weighted by atomic mass is 35.5. The molecule has 0 aliphatic rings. The molecule has 1 N–H and O–H groups in total. The van der Waals surface area contributed by atoms with Crippen LogP contribution in [0.15, 0.2) is 28.7 Å². The molecule has 1 aromatic heterocycles. The highest BCUT2D eigenvalue weighted by molar-refractivity contribution is 6.30. The first-order valence-electron chi connectivity index (χ1n) is 6.62. The predicted octanol–water partition coefficient (Wildman–Crippen LogP) is 2.65. The molecule has 2 aromatic rings. The third-order valence-electron chi connectivity index (χ3n) is 3.06. The van der Waals surface area contributed by atoms with Crippen LogP contribution >= 0.6 is 11.6 Å². The molecule has 0 unspecified atom stereocenters. The minimum absolute atomic E-state index is 0.217. The van der Waals surface area contributed by atoms with E-state index < -0.39 is 6.29 Å². The summed E-state index contributed by atoms with van der Waals surface area (Å²) in [5.41, 5.74) is 0.981. The number of aryl methyl sites for hydroxylation is 1. The normalized spacial score (nSPS) is 11.0. The molecule has 118 valence electrons. The summed E-state index contributed by atoms with van der Waals surface area (Å²) in [6, 6.07) is 7.03. The zero-order valence-electron chi connectivity index (χ0n) is 12.6. The lowest BCUT2D eigenvalue weighted by Gasteiger charge is -2.13. The Bertz CT molecular complexity index is 635. The summed E-state index contributed by atoms with van der Waals surface area (Å²) in [6.07, 6.45) is -0.508. The van der Waals surface area contributed by atoms with Crippen molar-refractivity contribution >= 4 is 17.5 Å². The number of nitrogens with one attached hydrogen (secondary N) is 1. The number of amides is 1. The number of benzene rings is 1. The van der Waals surface area contributed by atoms with Crippen molar-refractivity contribution < 1.29 is 18.7 Å². The number of carbonyl (C=O) groups excluding carboxylic acids is 1. The minimum Gasteiger partial charge on any atom is -0.441 e. The van der Waals surface area contributed by atoms with Gasteiger partial charge in [0, 0.05) is 24.8 Å². The Kier molecular flexibility index (Phi) is 5.54. The van der Waals surface area contributed by atoms with Crippen molar-refractivity contribution in [3.63, 3.8) is 0 Å². The number of hydrogen-bond acceptors (Lipinski definition) is 5. The molecule has 0 bridgehead atoms. The lowest BCUT2D eigenvalue weighted by atomic mass is 10.2. The van der Waals surface area contributed by atoms with Crippen molar-refractivity contribution in [2.45, 2.75) is 13.2 Å². The number of ether oxygens (including phenoxy) is 2. The molecule has 1 amide bonds. The summed E-state index contributed by atoms with van der Waals surface area (Å²) in [5, 5.41) is 3.30. The largest absolute Gasteiger partial charge is 0.441 e. The van der Waals surface area contributed by atoms with Gasteiger partial charge in [-0.1, -0.05) is 11.6 Å². The highest BCUT2D eigenvalue weighted by Crippen LogP contribution is 2.23. The Balaban J connectivity index is 2.12. The topological polar surface area (TPSA) is 73.6 Å². The Morgan fingerprint density at radius 3 is 2.55 bits per heavy atom. The minimum atomic E-state index is -0.508. The van der Waals surface area contributed by atoms with Crippen LogP contribution in [0, 0.1) is 6.92 Å². The van der Waals surface area contributed by atoms with Crippen LogP contribution < -0.4 is 5.32 Å². The molecular weight excluding hydrogens is 308 g/mol. The predicted molar refractivity (Wildman–Crippen MR) is 81.8 cm³/mol. The van der Waals surface area contributed by atoms with Crippen molar-refractivity contribution in [3.05, 3.63) is 40.7 Å². The maximum absolute atomic E-state index is 12.1. The van der Waals surface area contributed by atoms with Crippen LogP contribution in [0.25, 0.3) is 11.5 Å². The number of aromatic nitrogens is 1. The van der Waals surface area contributed by atoms with Crippen LogP contribution in [0.2, 0.25) is 5.02 Å². The summed E-state index contributed by atoms with van der Waals surface area (Å²) in [5.74, 6) is 0.462. The molecule has 0 fully saturated rings. The van der Waals surface area contributed by atoms with Crippen LogP contribution in [0.5, 0.6) is 0 Å². The molecule has 1 aromatic carbocycles. The molecule has 6 nitrogen and oxygen atoms in total. The molecule has 0 saturated carbocycles. The van der Waals surface area contributed by atoms with Crippen molar-refractivity contribution in [1.82, 2.24) is 10.3 Å². The van der Waals surface area contributed by atoms with Gasteiger partial charge in [0.15, 0.2) is 12.0 Å². The molecule has 0 aliphatic heterocycles. The molecule has 0 spiro atoms. The molecule has 0 atom stereocenters. The third-order valence-corrected chi connectivity index (χ3v) is 3.31. The van der Waals surface area contributed by atoms with E-state index in [1.54, 1.807) is 31.2 Å². The molecular formula is C15H17ClN2O4. The first-order valence-corrected chi connectivity index (χ1v) is 7.00. The first-order chi connectivity index (χ1) is 10.5. The third kappa shape index (κ3) is 3.85. The van der Waals surface area contributed by atoms with Crippen molar-refractivity contribution in [1.29, 1.82) is 0 Å². The smallest absolute Gasteiger partial charge is 0.273 e. The van der Waals surface area contributed by atoms with E-state index in [0.29, 0.717) is 16.7 Å². The van der Waals surface area contributed by atoms with Crippen molar-refractivity contribution in [2.75, 3.05) is 20.8 Å². The Morgan fingerprint density at radius 1 is 1.32 bits per heavy atom. The molecule has 22 heavy (non-hydrogen) atoms. The fraction of sp³-hybridized carbons (Fsp3) is 0.333. The summed E-state index contributed by atoms with van der Waals surface area (Å²) in [6.45, 7) is 1.90. The number of nitrogens with zero attached hydrogens (tertiary/aromatic N) is 1. The fourth-order valence-electron chi connectivity index (χ4n) is 1.85. The summed E-state index contributed by atoms with van der Waals surface area (Å²) in [4.78, 5) is 16.4. The number of methoxy groups -OCH3 is 2. The zero-order chi connectivity index (χ0) is 16.1. The van der Waals surface area contributed by atoms with Gasteiger partial charge in [-0.15, -0.1) is 0 Å². The number of hydrogen-bond donors (Lipinski definition) is 1. The first kappa shape index (κ1) is 16.5. The second-order valence-electron chi connectivity index (χ2n) is 4.54. The van der Waals surface area contributed by atoms with E-state index in [-0.39, 0.29) is 18.1 Å². The average molecular weight is 325 g/mol. The van der Waals surface area contributed by atoms with Gasteiger partial charge in [0.1, 0.15) is 5.76 Å². The van der Waals surface area contributed by atoms with Crippen LogP contribution in [0.1, 0.15) is 16.2 Å². The summed E-state index contributed by atoms with van der Waals surface area (Å²) >= 11 is 5.85. The van der Waals surface area contributed by atoms with Crippen molar-refractivity contribution in [3.8, 4) is 11.5 Å². The van der Waals surface area contributed by atoms with Gasteiger partial charge < -0.3 is 19.2 Å². The van der Waals surface area contributed by atoms with E-state index in [1.807, 2.05) is 0 Å². The Labute approximate surface area is 133 Å². The average Bonchev–Trinajstić information content (AvgIpc) is 2.91. The maximum atomic E-state index is 12.1. The number of carbonyl (C=O) groups is 1. The van der Waals surface area contributed by atoms with Gasteiger partial charge in [-0.3, -0.25) is 4.79 Å². The second-order valence-corrected chi connectivity index (χ2v) is 4.98. The van der Waals surface area contributed by atoms with E-state index in [1.165, 1.54) is 14.2 Å². The van der Waals surface area contributed by atoms with Crippen LogP contribution in [0.4, 0.5) is 0 Å². The molecule has 0 radical (unpaired) electrons. The van der Waals surface area contributed by atoms with E-state index in [2.05, 4.69) is 10.3 Å². The van der Waals surface area contributed by atoms with Gasteiger partial charge in [0.25, 0.3) is 5.91 Å². The Morgan fingerprint density at radius 2 is 1.95 bits per heavy atom. The van der Waals surface area contributed by atoms with Crippen LogP contribution in [-0.4, -0.2) is 37.9 Å². The van der Waals surface area contributed by atoms with Gasteiger partial charge in [0.2, 0.25) is 5.89 Å². The summed E-state index contributed by atoms with van der Waals surface area (Å²) in [7, 11) is 3.00. The number of oxazole rings is 1. The standard InChI is InChI=1S/C15H17ClN2O4/c1-9-13(14(19)17-8-12(20-2)21-3)18-15(22-9)10-4-6-11(16)7-5-10/h4-7,12H,8H2,1-3H3,(H,17,19). The van der Waals surface area contributed by atoms with Crippen LogP contribution in [0.3, 0.4) is 0 Å². The lowest BCUT2D eigenvalue weighted by molar-refractivity contribution is -0.0974. The van der Waals surface area contributed by atoms with Crippen LogP contribution in [-0.2, 0) is 9.47 Å². The van der Waals surface area contributed by atoms with E-state index in [0.717, 1.165) is 5.56 Å². The second kappa shape index (κ2) is 7.40. The number of halogens is 1. The Hall–Kier alpha value is -1.89. The molecule has 2 rings (SSSR count). The monoisotopic (exact) mass is 324 g/mol. The highest BCUT2D eigenvalue weighted by Gasteiger charge is 2.19. The molecule has 7 heteroatoms. The van der Waals surface area contributed by atoms with Gasteiger partial charge in [-0.25, -0.2) is 4.98 Å². The van der Waals surface area contributed by atoms with Gasteiger partial charge in [0.05, 0.1) is 6.54 Å². The van der Waals surface area contributed by atoms with E-state index in [4.69, 9.17) is 25.5 Å².